The highest BCUT2D eigenvalue weighted by atomic mass is 32.2. The van der Waals surface area contributed by atoms with Crippen LogP contribution in [0.2, 0.25) is 0 Å². The van der Waals surface area contributed by atoms with Crippen LogP contribution in [0.25, 0.3) is 0 Å². The molecule has 0 saturated carbocycles. The van der Waals surface area contributed by atoms with Gasteiger partial charge in [0.2, 0.25) is 10.0 Å². The van der Waals surface area contributed by atoms with Gasteiger partial charge in [-0.2, -0.15) is 9.30 Å². The number of carbonyl (C=O) groups excluding carboxylic acids is 1. The summed E-state index contributed by atoms with van der Waals surface area (Å²) in [5.41, 5.74) is 4.31. The van der Waals surface area contributed by atoms with Crippen molar-refractivity contribution in [3.63, 3.8) is 0 Å². The fourth-order valence-electron chi connectivity index (χ4n) is 4.53. The van der Waals surface area contributed by atoms with Gasteiger partial charge in [0.1, 0.15) is 5.84 Å². The molecule has 34 heavy (non-hydrogen) atoms. The zero-order chi connectivity index (χ0) is 23.7. The van der Waals surface area contributed by atoms with Gasteiger partial charge in [-0.15, -0.1) is 0 Å². The van der Waals surface area contributed by atoms with E-state index in [1.54, 1.807) is 34.6 Å². The van der Waals surface area contributed by atoms with Gasteiger partial charge in [0.25, 0.3) is 5.91 Å². The molecule has 174 valence electrons. The fourth-order valence-corrected chi connectivity index (χ4v) is 6.09. The maximum absolute atomic E-state index is 13.1. The molecule has 1 amide bonds. The summed E-state index contributed by atoms with van der Waals surface area (Å²) in [5, 5.41) is 0. The highest BCUT2D eigenvalue weighted by Gasteiger charge is 2.30. The van der Waals surface area contributed by atoms with E-state index < -0.39 is 10.0 Å². The summed E-state index contributed by atoms with van der Waals surface area (Å²) in [6, 6.07) is 22.3. The molecule has 2 aliphatic heterocycles. The van der Waals surface area contributed by atoms with Gasteiger partial charge in [-0.25, -0.2) is 8.42 Å². The van der Waals surface area contributed by atoms with Crippen LogP contribution in [0.5, 0.6) is 0 Å². The van der Waals surface area contributed by atoms with E-state index in [0.717, 1.165) is 36.0 Å². The Bertz CT molecular complexity index is 1360. The summed E-state index contributed by atoms with van der Waals surface area (Å²) < 4.78 is 27.8. The molecule has 2 heterocycles. The Hall–Kier alpha value is -3.29. The zero-order valence-corrected chi connectivity index (χ0v) is 20.0. The number of rotatable bonds is 5. The largest absolute Gasteiger partial charge is 0.321 e. The van der Waals surface area contributed by atoms with E-state index in [1.807, 2.05) is 47.4 Å². The molecule has 7 heteroatoms. The molecule has 0 aromatic heterocycles. The lowest BCUT2D eigenvalue weighted by Crippen LogP contribution is -2.29. The van der Waals surface area contributed by atoms with Crippen LogP contribution in [0, 0.1) is 0 Å². The highest BCUT2D eigenvalue weighted by Crippen LogP contribution is 2.31. The van der Waals surface area contributed by atoms with Crippen molar-refractivity contribution in [1.82, 2.24) is 4.31 Å². The van der Waals surface area contributed by atoms with Gasteiger partial charge < -0.3 is 4.90 Å². The van der Waals surface area contributed by atoms with Gasteiger partial charge in [0.15, 0.2) is 0 Å². The summed E-state index contributed by atoms with van der Waals surface area (Å²) in [7, 11) is -3.55. The molecule has 0 atom stereocenters. The highest BCUT2D eigenvalue weighted by molar-refractivity contribution is 7.89. The van der Waals surface area contributed by atoms with E-state index in [4.69, 9.17) is 0 Å². The topological polar surface area (TPSA) is 70.0 Å². The summed E-state index contributed by atoms with van der Waals surface area (Å²) in [4.78, 5) is 19.8. The maximum atomic E-state index is 13.1. The molecule has 1 saturated heterocycles. The molecule has 3 aromatic carbocycles. The first kappa shape index (κ1) is 22.5. The van der Waals surface area contributed by atoms with E-state index in [2.05, 4.69) is 11.9 Å². The average Bonchev–Trinajstić information content (AvgIpc) is 3.54. The van der Waals surface area contributed by atoms with Crippen molar-refractivity contribution < 1.29 is 13.2 Å². The Balaban J connectivity index is 1.53. The first-order chi connectivity index (χ1) is 16.5. The van der Waals surface area contributed by atoms with Crippen molar-refractivity contribution in [2.24, 2.45) is 4.99 Å². The standard InChI is InChI=1S/C27H27N3O3S/c1-2-20-12-14-21(15-13-20)27(31)28-26-25-11-4-3-8-22(25)19-30(26)23-9-7-10-24(18-23)34(32,33)29-16-5-6-17-29/h3-4,7-15,18H,2,5-6,16-17,19H2,1H3. The molecule has 0 N–H and O–H groups in total. The van der Waals surface area contributed by atoms with Gasteiger partial charge in [0.05, 0.1) is 11.4 Å². The van der Waals surface area contributed by atoms with Gasteiger partial charge >= 0.3 is 0 Å². The number of aryl methyl sites for hydroxylation is 1. The van der Waals surface area contributed by atoms with E-state index in [0.29, 0.717) is 36.7 Å². The van der Waals surface area contributed by atoms with E-state index >= 15 is 0 Å². The number of amides is 1. The minimum Gasteiger partial charge on any atom is -0.321 e. The third kappa shape index (κ3) is 4.17. The van der Waals surface area contributed by atoms with E-state index in [1.165, 1.54) is 0 Å². The number of anilines is 1. The SMILES string of the molecule is CCc1ccc(C(=O)N=C2c3ccccc3CN2c2cccc(S(=O)(=O)N3CCCC3)c2)cc1. The van der Waals surface area contributed by atoms with Crippen molar-refractivity contribution in [3.05, 3.63) is 95.1 Å². The minimum absolute atomic E-state index is 0.267. The van der Waals surface area contributed by atoms with Gasteiger partial charge in [-0.1, -0.05) is 49.4 Å². The number of fused-ring (bicyclic) bond motifs is 1. The van der Waals surface area contributed by atoms with Crippen LogP contribution in [0.3, 0.4) is 0 Å². The van der Waals surface area contributed by atoms with Crippen LogP contribution in [0.1, 0.15) is 46.8 Å². The molecule has 1 fully saturated rings. The minimum atomic E-state index is -3.55. The summed E-state index contributed by atoms with van der Waals surface area (Å²) in [5.74, 6) is 0.219. The third-order valence-electron chi connectivity index (χ3n) is 6.49. The number of nitrogens with zero attached hydrogens (tertiary/aromatic N) is 3. The van der Waals surface area contributed by atoms with E-state index in [-0.39, 0.29) is 10.8 Å². The quantitative estimate of drug-likeness (QED) is 0.541. The predicted molar refractivity (Wildman–Crippen MR) is 134 cm³/mol. The fraction of sp³-hybridized carbons (Fsp3) is 0.259. The number of aliphatic imine (C=N–C) groups is 1. The van der Waals surface area contributed by atoms with Crippen LogP contribution in [0.4, 0.5) is 5.69 Å². The van der Waals surface area contributed by atoms with Crippen LogP contribution in [-0.2, 0) is 23.0 Å². The Kier molecular flexibility index (Phi) is 6.06. The lowest BCUT2D eigenvalue weighted by atomic mass is 10.1. The predicted octanol–water partition coefficient (Wildman–Crippen LogP) is 4.64. The average molecular weight is 474 g/mol. The van der Waals surface area contributed by atoms with Crippen molar-refractivity contribution in [1.29, 1.82) is 0 Å². The second kappa shape index (κ2) is 9.16. The molecule has 0 unspecified atom stereocenters. The Labute approximate surface area is 200 Å². The lowest BCUT2D eigenvalue weighted by molar-refractivity contribution is 0.100. The number of hydrogen-bond acceptors (Lipinski definition) is 3. The van der Waals surface area contributed by atoms with Crippen molar-refractivity contribution in [2.75, 3.05) is 18.0 Å². The Morgan fingerprint density at radius 3 is 2.41 bits per heavy atom. The molecular weight excluding hydrogens is 446 g/mol. The number of benzene rings is 3. The number of hydrogen-bond donors (Lipinski definition) is 0. The summed E-state index contributed by atoms with van der Waals surface area (Å²) >= 11 is 0. The zero-order valence-electron chi connectivity index (χ0n) is 19.1. The number of sulfonamides is 1. The normalized spacial score (nSPS) is 17.3. The summed E-state index contributed by atoms with van der Waals surface area (Å²) in [6.07, 6.45) is 2.68. The Morgan fingerprint density at radius 2 is 1.68 bits per heavy atom. The first-order valence-electron chi connectivity index (χ1n) is 11.7. The van der Waals surface area contributed by atoms with Crippen molar-refractivity contribution in [2.45, 2.75) is 37.6 Å². The maximum Gasteiger partial charge on any atom is 0.278 e. The molecule has 2 aliphatic rings. The van der Waals surface area contributed by atoms with Crippen LogP contribution < -0.4 is 4.90 Å². The molecule has 0 aliphatic carbocycles. The first-order valence-corrected chi connectivity index (χ1v) is 13.1. The third-order valence-corrected chi connectivity index (χ3v) is 8.39. The molecular formula is C27H27N3O3S. The molecule has 0 radical (unpaired) electrons. The van der Waals surface area contributed by atoms with Gasteiger partial charge in [0, 0.05) is 29.9 Å². The van der Waals surface area contributed by atoms with Crippen LogP contribution in [-0.4, -0.2) is 37.6 Å². The summed E-state index contributed by atoms with van der Waals surface area (Å²) in [6.45, 7) is 3.70. The smallest absolute Gasteiger partial charge is 0.278 e. The number of amidine groups is 1. The molecule has 6 nitrogen and oxygen atoms in total. The molecule has 5 rings (SSSR count). The Morgan fingerprint density at radius 1 is 0.941 bits per heavy atom. The second-order valence-electron chi connectivity index (χ2n) is 8.64. The molecule has 0 bridgehead atoms. The van der Waals surface area contributed by atoms with Crippen molar-refractivity contribution in [3.8, 4) is 0 Å². The number of carbonyl (C=O) groups is 1. The monoisotopic (exact) mass is 473 g/mol. The van der Waals surface area contributed by atoms with Gasteiger partial charge in [-0.05, 0) is 60.7 Å². The lowest BCUT2D eigenvalue weighted by Gasteiger charge is -2.21. The molecule has 3 aromatic rings. The van der Waals surface area contributed by atoms with E-state index in [9.17, 15) is 13.2 Å². The molecule has 0 spiro atoms. The van der Waals surface area contributed by atoms with Crippen molar-refractivity contribution >= 4 is 27.5 Å². The van der Waals surface area contributed by atoms with Crippen LogP contribution >= 0.6 is 0 Å². The van der Waals surface area contributed by atoms with Crippen LogP contribution in [0.15, 0.2) is 82.7 Å². The second-order valence-corrected chi connectivity index (χ2v) is 10.6. The van der Waals surface area contributed by atoms with Gasteiger partial charge in [-0.3, -0.25) is 4.79 Å².